The van der Waals surface area contributed by atoms with Crippen molar-refractivity contribution in [2.24, 2.45) is 0 Å². The van der Waals surface area contributed by atoms with Gasteiger partial charge in [0.25, 0.3) is 0 Å². The van der Waals surface area contributed by atoms with Gasteiger partial charge in [-0.1, -0.05) is 103 Å². The number of amides is 4. The molecule has 3 aliphatic heterocycles. The molecular weight excluding hydrogens is 616 g/mol. The first-order valence-corrected chi connectivity index (χ1v) is 16.4. The van der Waals surface area contributed by atoms with Gasteiger partial charge in [-0.05, 0) is 59.4 Å². The van der Waals surface area contributed by atoms with Crippen LogP contribution in [0.5, 0.6) is 5.75 Å². The third-order valence-electron chi connectivity index (χ3n) is 8.63. The Morgan fingerprint density at radius 1 is 0.837 bits per heavy atom. The predicted octanol–water partition coefficient (Wildman–Crippen LogP) is 4.82. The number of carbonyl (C=O) groups is 4. The molecule has 0 saturated carbocycles. The maximum absolute atomic E-state index is 14.4. The van der Waals surface area contributed by atoms with Crippen LogP contribution in [0.15, 0.2) is 128 Å². The first kappa shape index (κ1) is 33.0. The minimum atomic E-state index is -1.27. The third kappa shape index (κ3) is 8.50. The Morgan fingerprint density at radius 3 is 2.22 bits per heavy atom. The molecule has 49 heavy (non-hydrogen) atoms. The minimum Gasteiger partial charge on any atom is -0.483 e. The molecule has 4 atom stereocenters. The molecule has 1 fully saturated rings. The van der Waals surface area contributed by atoms with Crippen molar-refractivity contribution in [1.29, 1.82) is 0 Å². The van der Waals surface area contributed by atoms with E-state index >= 15 is 0 Å². The highest BCUT2D eigenvalue weighted by molar-refractivity contribution is 5.98. The average molecular weight is 655 g/mol. The van der Waals surface area contributed by atoms with E-state index in [1.54, 1.807) is 24.3 Å². The summed E-state index contributed by atoms with van der Waals surface area (Å²) in [5, 5.41) is 8.65. The zero-order valence-electron chi connectivity index (χ0n) is 26.9. The molecule has 4 aromatic carbocycles. The molecule has 3 heterocycles. The Hall–Kier alpha value is -5.96. The van der Waals surface area contributed by atoms with Gasteiger partial charge in [0.2, 0.25) is 23.6 Å². The van der Waals surface area contributed by atoms with Crippen LogP contribution in [0.2, 0.25) is 0 Å². The molecule has 0 radical (unpaired) electrons. The average Bonchev–Trinajstić information content (AvgIpc) is 3.64. The molecule has 1 saturated heterocycles. The van der Waals surface area contributed by atoms with Gasteiger partial charge in [-0.25, -0.2) is 0 Å². The summed E-state index contributed by atoms with van der Waals surface area (Å²) >= 11 is 0. The van der Waals surface area contributed by atoms with Crippen molar-refractivity contribution in [3.63, 3.8) is 0 Å². The fraction of sp³-hybridized carbons (Fsp3) is 0.200. The van der Waals surface area contributed by atoms with Crippen molar-refractivity contribution in [3.8, 4) is 5.75 Å². The summed E-state index contributed by atoms with van der Waals surface area (Å²) in [6.07, 6.45) is 6.81. The van der Waals surface area contributed by atoms with Crippen LogP contribution in [0.4, 0.5) is 0 Å². The Bertz CT molecular complexity index is 1810. The van der Waals surface area contributed by atoms with Gasteiger partial charge in [-0.3, -0.25) is 19.2 Å². The maximum Gasteiger partial charge on any atom is 0.247 e. The van der Waals surface area contributed by atoms with E-state index in [0.717, 1.165) is 16.7 Å². The first-order chi connectivity index (χ1) is 23.9. The highest BCUT2D eigenvalue weighted by Crippen LogP contribution is 2.28. The van der Waals surface area contributed by atoms with Crippen molar-refractivity contribution < 1.29 is 23.9 Å². The number of nitrogens with zero attached hydrogens (tertiary/aromatic N) is 1. The van der Waals surface area contributed by atoms with Gasteiger partial charge in [-0.15, -0.1) is 0 Å². The summed E-state index contributed by atoms with van der Waals surface area (Å²) in [4.78, 5) is 56.9. The second-order valence-electron chi connectivity index (χ2n) is 12.0. The summed E-state index contributed by atoms with van der Waals surface area (Å²) < 4.78 is 6.50. The number of ether oxygens (including phenoxy) is 1. The zero-order chi connectivity index (χ0) is 34.0. The number of hydrogen-bond donors (Lipinski definition) is 3. The molecule has 4 amide bonds. The molecule has 9 nitrogen and oxygen atoms in total. The number of hydrogen-bond acceptors (Lipinski definition) is 5. The monoisotopic (exact) mass is 654 g/mol. The SMILES string of the molecule is O=C1NC=Cc2ccc(cc2)O[C@@H](c2ccccc2)[C@H](NC(=O)[C@@H]2CCCN2C(=O)C=Cc2ccccc2)C(=O)N[C@H]1Cc1ccccc1. The summed E-state index contributed by atoms with van der Waals surface area (Å²) in [7, 11) is 0. The topological polar surface area (TPSA) is 117 Å². The lowest BCUT2D eigenvalue weighted by atomic mass is 9.98. The number of carbonyl (C=O) groups excluding carboxylic acids is 4. The largest absolute Gasteiger partial charge is 0.483 e. The normalized spacial score (nSPS) is 21.0. The fourth-order valence-electron chi connectivity index (χ4n) is 6.08. The van der Waals surface area contributed by atoms with E-state index < -0.39 is 42.0 Å². The predicted molar refractivity (Wildman–Crippen MR) is 188 cm³/mol. The lowest BCUT2D eigenvalue weighted by Crippen LogP contribution is -2.58. The standard InChI is InChI=1S/C40H38N4O5/c45-35(23-20-28-11-4-1-5-12-28)44-26-10-17-34(44)39(47)43-36-37(31-15-8-3-9-16-31)49-32-21-18-29(19-22-32)24-25-41-38(46)33(42-40(36)48)27-30-13-6-2-7-14-30/h1-9,11-16,18-25,33-34,36-37H,10,17,26-27H2,(H,41,46)(H,42,48)(H,43,47)/t33-,34-,36-,37-/m0/s1. The number of rotatable bonds is 7. The van der Waals surface area contributed by atoms with Crippen molar-refractivity contribution in [2.45, 2.75) is 43.5 Å². The van der Waals surface area contributed by atoms with E-state index in [9.17, 15) is 19.2 Å². The zero-order valence-corrected chi connectivity index (χ0v) is 26.9. The van der Waals surface area contributed by atoms with Crippen molar-refractivity contribution in [1.82, 2.24) is 20.9 Å². The van der Waals surface area contributed by atoms with Gasteiger partial charge in [0.05, 0.1) is 0 Å². The van der Waals surface area contributed by atoms with Gasteiger partial charge in [0.15, 0.2) is 6.10 Å². The Balaban J connectivity index is 1.33. The Morgan fingerprint density at radius 2 is 1.51 bits per heavy atom. The van der Waals surface area contributed by atoms with Crippen LogP contribution in [0, 0.1) is 0 Å². The molecular formula is C40H38N4O5. The summed E-state index contributed by atoms with van der Waals surface area (Å²) in [6.45, 7) is 0.407. The van der Waals surface area contributed by atoms with Gasteiger partial charge < -0.3 is 25.6 Å². The fourth-order valence-corrected chi connectivity index (χ4v) is 6.08. The smallest absolute Gasteiger partial charge is 0.247 e. The van der Waals surface area contributed by atoms with Gasteiger partial charge in [-0.2, -0.15) is 0 Å². The summed E-state index contributed by atoms with van der Waals surface area (Å²) in [5.74, 6) is -1.30. The van der Waals surface area contributed by atoms with Crippen molar-refractivity contribution >= 4 is 35.8 Å². The lowest BCUT2D eigenvalue weighted by Gasteiger charge is -2.32. The molecule has 3 N–H and O–H groups in total. The van der Waals surface area contributed by atoms with E-state index in [1.165, 1.54) is 17.2 Å². The van der Waals surface area contributed by atoms with Crippen LogP contribution in [0.1, 0.15) is 41.2 Å². The molecule has 0 aromatic heterocycles. The van der Waals surface area contributed by atoms with E-state index in [-0.39, 0.29) is 12.3 Å². The summed E-state index contributed by atoms with van der Waals surface area (Å²) in [6, 6.07) is 32.2. The van der Waals surface area contributed by atoms with Crippen LogP contribution in [0.3, 0.4) is 0 Å². The molecule has 9 heteroatoms. The van der Waals surface area contributed by atoms with E-state index in [2.05, 4.69) is 16.0 Å². The lowest BCUT2D eigenvalue weighted by molar-refractivity contribution is -0.138. The van der Waals surface area contributed by atoms with Crippen LogP contribution >= 0.6 is 0 Å². The van der Waals surface area contributed by atoms with Crippen molar-refractivity contribution in [3.05, 3.63) is 150 Å². The van der Waals surface area contributed by atoms with Crippen molar-refractivity contribution in [2.75, 3.05) is 6.54 Å². The number of nitrogens with one attached hydrogen (secondary N) is 3. The molecule has 2 bridgehead atoms. The molecule has 0 spiro atoms. The molecule has 4 aromatic rings. The Labute approximate surface area is 285 Å². The molecule has 0 aliphatic carbocycles. The molecule has 3 aliphatic rings. The molecule has 248 valence electrons. The molecule has 0 unspecified atom stereocenters. The van der Waals surface area contributed by atoms with Crippen LogP contribution in [-0.4, -0.2) is 53.2 Å². The maximum atomic E-state index is 14.4. The third-order valence-corrected chi connectivity index (χ3v) is 8.63. The number of benzene rings is 4. The van der Waals surface area contributed by atoms with Gasteiger partial charge >= 0.3 is 0 Å². The molecule has 7 rings (SSSR count). The van der Waals surface area contributed by atoms with E-state index in [0.29, 0.717) is 30.7 Å². The summed E-state index contributed by atoms with van der Waals surface area (Å²) in [5.41, 5.74) is 3.20. The van der Waals surface area contributed by atoms with Gasteiger partial charge in [0.1, 0.15) is 23.9 Å². The van der Waals surface area contributed by atoms with Gasteiger partial charge in [0, 0.05) is 25.2 Å². The van der Waals surface area contributed by atoms with E-state index in [4.69, 9.17) is 4.74 Å². The van der Waals surface area contributed by atoms with Crippen LogP contribution in [0.25, 0.3) is 12.2 Å². The number of likely N-dealkylation sites (tertiary alicyclic amines) is 1. The van der Waals surface area contributed by atoms with Crippen LogP contribution in [-0.2, 0) is 25.6 Å². The highest BCUT2D eigenvalue weighted by Gasteiger charge is 2.40. The second kappa shape index (κ2) is 15.8. The quantitative estimate of drug-likeness (QED) is 0.247. The number of fused-ring (bicyclic) bond motifs is 10. The second-order valence-corrected chi connectivity index (χ2v) is 12.0. The highest BCUT2D eigenvalue weighted by atomic mass is 16.5. The van der Waals surface area contributed by atoms with Crippen LogP contribution < -0.4 is 20.7 Å². The Kier molecular flexibility index (Phi) is 10.6. The first-order valence-electron chi connectivity index (χ1n) is 16.4. The minimum absolute atomic E-state index is 0.218. The van der Waals surface area contributed by atoms with E-state index in [1.807, 2.05) is 103 Å².